The van der Waals surface area contributed by atoms with Gasteiger partial charge in [0, 0.05) is 32.7 Å². The predicted molar refractivity (Wildman–Crippen MR) is 111 cm³/mol. The third kappa shape index (κ3) is 4.44. The first-order chi connectivity index (χ1) is 15.5. The van der Waals surface area contributed by atoms with Crippen molar-refractivity contribution >= 4 is 29.7 Å². The highest BCUT2D eigenvalue weighted by Gasteiger charge is 2.45. The molecule has 0 saturated carbocycles. The van der Waals surface area contributed by atoms with Gasteiger partial charge in [0.1, 0.15) is 6.54 Å². The van der Waals surface area contributed by atoms with Gasteiger partial charge in [-0.15, -0.1) is 0 Å². The van der Waals surface area contributed by atoms with E-state index in [1.54, 1.807) is 17.0 Å². The predicted octanol–water partition coefficient (Wildman–Crippen LogP) is 1.25. The molecule has 0 atom stereocenters. The van der Waals surface area contributed by atoms with Gasteiger partial charge in [-0.05, 0) is 44.2 Å². The van der Waals surface area contributed by atoms with Crippen LogP contribution >= 0.6 is 0 Å². The van der Waals surface area contributed by atoms with Gasteiger partial charge in [-0.3, -0.25) is 24.1 Å². The number of hydrogen-bond donors (Lipinski definition) is 0. The first-order valence-corrected chi connectivity index (χ1v) is 10.9. The molecule has 6 amide bonds. The SMILES string of the molecule is O=C(CN1C(=O)C(=O)N(CCC2=CCCCC2)C1=O)N1CCN(C(=O)c2ccco2)CC1. The zero-order valence-corrected chi connectivity index (χ0v) is 17.8. The van der Waals surface area contributed by atoms with E-state index in [1.165, 1.54) is 16.7 Å². The highest BCUT2D eigenvalue weighted by molar-refractivity contribution is 6.45. The summed E-state index contributed by atoms with van der Waals surface area (Å²) in [6.45, 7) is 0.837. The van der Waals surface area contributed by atoms with Gasteiger partial charge in [-0.1, -0.05) is 11.6 Å². The van der Waals surface area contributed by atoms with Crippen molar-refractivity contribution in [1.29, 1.82) is 0 Å². The van der Waals surface area contributed by atoms with Crippen LogP contribution in [0.4, 0.5) is 4.79 Å². The normalized spacial score (nSPS) is 19.6. The van der Waals surface area contributed by atoms with E-state index in [0.29, 0.717) is 19.5 Å². The van der Waals surface area contributed by atoms with E-state index >= 15 is 0 Å². The number of urea groups is 1. The lowest BCUT2D eigenvalue weighted by Crippen LogP contribution is -2.53. The lowest BCUT2D eigenvalue weighted by Gasteiger charge is -2.34. The monoisotopic (exact) mass is 442 g/mol. The molecule has 0 bridgehead atoms. The molecule has 1 aliphatic carbocycles. The average molecular weight is 442 g/mol. The number of imide groups is 2. The quantitative estimate of drug-likeness (QED) is 0.372. The van der Waals surface area contributed by atoms with Crippen LogP contribution in [0.5, 0.6) is 0 Å². The number of amides is 6. The maximum Gasteiger partial charge on any atom is 0.334 e. The van der Waals surface area contributed by atoms with Gasteiger partial charge in [0.25, 0.3) is 5.91 Å². The standard InChI is InChI=1S/C22H26N4O6/c27-18(23-10-12-24(13-11-23)19(28)17-7-4-14-32-17)15-26-21(30)20(29)25(22(26)31)9-8-16-5-2-1-3-6-16/h4-5,7,14H,1-3,6,8-13,15H2. The Morgan fingerprint density at radius 1 is 0.938 bits per heavy atom. The number of allylic oxidation sites excluding steroid dienone is 1. The second-order valence-corrected chi connectivity index (χ2v) is 8.14. The third-order valence-corrected chi connectivity index (χ3v) is 6.12. The maximum absolute atomic E-state index is 12.7. The summed E-state index contributed by atoms with van der Waals surface area (Å²) in [5.41, 5.74) is 1.20. The van der Waals surface area contributed by atoms with E-state index < -0.39 is 30.3 Å². The Kier molecular flexibility index (Phi) is 6.38. The molecule has 1 aromatic heterocycles. The van der Waals surface area contributed by atoms with Crippen molar-refractivity contribution in [2.24, 2.45) is 0 Å². The summed E-state index contributed by atoms with van der Waals surface area (Å²) in [6.07, 6.45) is 8.29. The molecule has 170 valence electrons. The summed E-state index contributed by atoms with van der Waals surface area (Å²) in [7, 11) is 0. The second-order valence-electron chi connectivity index (χ2n) is 8.14. The summed E-state index contributed by atoms with van der Waals surface area (Å²) < 4.78 is 5.12. The Balaban J connectivity index is 1.29. The van der Waals surface area contributed by atoms with E-state index in [4.69, 9.17) is 4.42 Å². The van der Waals surface area contributed by atoms with Gasteiger partial charge < -0.3 is 14.2 Å². The number of rotatable bonds is 6. The summed E-state index contributed by atoms with van der Waals surface area (Å²) >= 11 is 0. The van der Waals surface area contributed by atoms with E-state index in [2.05, 4.69) is 6.08 Å². The maximum atomic E-state index is 12.7. The molecule has 2 aliphatic heterocycles. The molecule has 3 heterocycles. The van der Waals surface area contributed by atoms with Gasteiger partial charge >= 0.3 is 17.8 Å². The summed E-state index contributed by atoms with van der Waals surface area (Å²) in [6, 6.07) is 2.47. The Hall–Kier alpha value is -3.43. The topological polar surface area (TPSA) is 111 Å². The van der Waals surface area contributed by atoms with Crippen LogP contribution in [-0.4, -0.2) is 88.5 Å². The fraction of sp³-hybridized carbons (Fsp3) is 0.500. The molecule has 3 aliphatic rings. The molecular weight excluding hydrogens is 416 g/mol. The minimum atomic E-state index is -0.965. The van der Waals surface area contributed by atoms with E-state index in [9.17, 15) is 24.0 Å². The minimum Gasteiger partial charge on any atom is -0.459 e. The smallest absolute Gasteiger partial charge is 0.334 e. The van der Waals surface area contributed by atoms with Crippen molar-refractivity contribution < 1.29 is 28.4 Å². The molecule has 0 aromatic carbocycles. The van der Waals surface area contributed by atoms with Gasteiger partial charge in [-0.2, -0.15) is 0 Å². The Bertz CT molecular complexity index is 946. The second kappa shape index (κ2) is 9.37. The zero-order chi connectivity index (χ0) is 22.7. The summed E-state index contributed by atoms with van der Waals surface area (Å²) in [5.74, 6) is -2.29. The zero-order valence-electron chi connectivity index (χ0n) is 17.8. The Morgan fingerprint density at radius 3 is 2.31 bits per heavy atom. The van der Waals surface area contributed by atoms with Gasteiger partial charge in [0.2, 0.25) is 5.91 Å². The molecule has 0 spiro atoms. The largest absolute Gasteiger partial charge is 0.459 e. The number of carbonyl (C=O) groups is 5. The molecule has 0 unspecified atom stereocenters. The van der Waals surface area contributed by atoms with Crippen LogP contribution in [0, 0.1) is 0 Å². The van der Waals surface area contributed by atoms with E-state index in [-0.39, 0.29) is 31.3 Å². The molecule has 10 heteroatoms. The van der Waals surface area contributed by atoms with Crippen LogP contribution < -0.4 is 0 Å². The highest BCUT2D eigenvalue weighted by atomic mass is 16.3. The highest BCUT2D eigenvalue weighted by Crippen LogP contribution is 2.22. The van der Waals surface area contributed by atoms with Gasteiger partial charge in [-0.25, -0.2) is 9.69 Å². The van der Waals surface area contributed by atoms with Crippen LogP contribution in [0.2, 0.25) is 0 Å². The van der Waals surface area contributed by atoms with Crippen LogP contribution in [-0.2, 0) is 14.4 Å². The first kappa shape index (κ1) is 21.8. The van der Waals surface area contributed by atoms with Crippen LogP contribution in [0.1, 0.15) is 42.7 Å². The molecule has 2 fully saturated rings. The summed E-state index contributed by atoms with van der Waals surface area (Å²) in [5, 5.41) is 0. The average Bonchev–Trinajstić information content (AvgIpc) is 3.42. The van der Waals surface area contributed by atoms with Crippen LogP contribution in [0.3, 0.4) is 0 Å². The fourth-order valence-electron chi connectivity index (χ4n) is 4.22. The van der Waals surface area contributed by atoms with E-state index in [0.717, 1.165) is 35.5 Å². The number of carbonyl (C=O) groups excluding carboxylic acids is 5. The Labute approximate surface area is 185 Å². The number of piperazine rings is 1. The minimum absolute atomic E-state index is 0.146. The van der Waals surface area contributed by atoms with Crippen molar-refractivity contribution in [3.8, 4) is 0 Å². The van der Waals surface area contributed by atoms with E-state index in [1.807, 2.05) is 0 Å². The number of nitrogens with zero attached hydrogens (tertiary/aromatic N) is 4. The molecule has 32 heavy (non-hydrogen) atoms. The number of furan rings is 1. The first-order valence-electron chi connectivity index (χ1n) is 10.9. The molecular formula is C22H26N4O6. The summed E-state index contributed by atoms with van der Waals surface area (Å²) in [4.78, 5) is 67.0. The van der Waals surface area contributed by atoms with Gasteiger partial charge in [0.15, 0.2) is 5.76 Å². The third-order valence-electron chi connectivity index (χ3n) is 6.12. The van der Waals surface area contributed by atoms with Crippen LogP contribution in [0.15, 0.2) is 34.5 Å². The molecule has 10 nitrogen and oxygen atoms in total. The van der Waals surface area contributed by atoms with Crippen molar-refractivity contribution in [2.45, 2.75) is 32.1 Å². The lowest BCUT2D eigenvalue weighted by molar-refractivity contribution is -0.145. The Morgan fingerprint density at radius 2 is 1.66 bits per heavy atom. The molecule has 4 rings (SSSR count). The molecule has 0 N–H and O–H groups in total. The van der Waals surface area contributed by atoms with Crippen molar-refractivity contribution in [1.82, 2.24) is 19.6 Å². The molecule has 1 aromatic rings. The molecule has 2 saturated heterocycles. The van der Waals surface area contributed by atoms with Crippen molar-refractivity contribution in [3.05, 3.63) is 35.8 Å². The van der Waals surface area contributed by atoms with Crippen molar-refractivity contribution in [3.63, 3.8) is 0 Å². The van der Waals surface area contributed by atoms with Crippen LogP contribution in [0.25, 0.3) is 0 Å². The fourth-order valence-corrected chi connectivity index (χ4v) is 4.22. The number of hydrogen-bond acceptors (Lipinski definition) is 6. The molecule has 0 radical (unpaired) electrons. The lowest BCUT2D eigenvalue weighted by atomic mass is 9.97. The van der Waals surface area contributed by atoms with Crippen molar-refractivity contribution in [2.75, 3.05) is 39.3 Å². The van der Waals surface area contributed by atoms with Gasteiger partial charge in [0.05, 0.1) is 6.26 Å².